The third-order valence-electron chi connectivity index (χ3n) is 3.15. The average molecular weight is 214 g/mol. The summed E-state index contributed by atoms with van der Waals surface area (Å²) in [5, 5.41) is 0. The van der Waals surface area contributed by atoms with E-state index in [1.54, 1.807) is 6.92 Å². The molecule has 0 saturated carbocycles. The molecule has 2 fully saturated rings. The van der Waals surface area contributed by atoms with Crippen molar-refractivity contribution >= 4 is 12.3 Å². The van der Waals surface area contributed by atoms with Crippen molar-refractivity contribution in [2.45, 2.75) is 37.8 Å². The third-order valence-corrected chi connectivity index (χ3v) is 3.15. The van der Waals surface area contributed by atoms with Crippen molar-refractivity contribution in [3.05, 3.63) is 0 Å². The molecule has 5 heteroatoms. The van der Waals surface area contributed by atoms with Gasteiger partial charge in [-0.05, 0) is 0 Å². The van der Waals surface area contributed by atoms with Crippen LogP contribution in [0.1, 0.15) is 19.8 Å². The molecule has 0 aromatic rings. The first-order chi connectivity index (χ1) is 7.11. The first-order valence-corrected chi connectivity index (χ1v) is 4.99. The van der Waals surface area contributed by atoms with Crippen molar-refractivity contribution in [1.82, 2.24) is 0 Å². The summed E-state index contributed by atoms with van der Waals surface area (Å²) in [5.74, 6) is -1.53. The molecule has 0 aliphatic carbocycles. The zero-order valence-electron chi connectivity index (χ0n) is 8.76. The molecule has 2 aliphatic heterocycles. The minimum Gasteiger partial charge on any atom is -0.459 e. The molecular weight excluding hydrogens is 200 g/mol. The summed E-state index contributed by atoms with van der Waals surface area (Å²) in [6, 6.07) is 0. The van der Waals surface area contributed by atoms with Crippen molar-refractivity contribution in [3.8, 4) is 0 Å². The molecule has 0 amide bonds. The topological polar surface area (TPSA) is 61.8 Å². The molecule has 2 saturated heterocycles. The Labute approximate surface area is 87.7 Å². The van der Waals surface area contributed by atoms with Crippen LogP contribution < -0.4 is 0 Å². The predicted octanol–water partition coefficient (Wildman–Crippen LogP) is 0.268. The molecular formula is C10H14O5. The van der Waals surface area contributed by atoms with Gasteiger partial charge in [0.05, 0.1) is 12.3 Å². The number of aldehydes is 1. The Morgan fingerprint density at radius 1 is 1.60 bits per heavy atom. The van der Waals surface area contributed by atoms with Crippen LogP contribution in [0.15, 0.2) is 0 Å². The number of hydrogen-bond acceptors (Lipinski definition) is 5. The van der Waals surface area contributed by atoms with E-state index in [9.17, 15) is 9.59 Å². The number of hydrogen-bond donors (Lipinski definition) is 0. The Morgan fingerprint density at radius 3 is 2.87 bits per heavy atom. The van der Waals surface area contributed by atoms with Crippen molar-refractivity contribution in [1.29, 1.82) is 0 Å². The molecule has 0 radical (unpaired) electrons. The minimum atomic E-state index is -0.919. The molecule has 1 unspecified atom stereocenters. The highest BCUT2D eigenvalue weighted by Crippen LogP contribution is 2.42. The van der Waals surface area contributed by atoms with Crippen molar-refractivity contribution < 1.29 is 23.8 Å². The standard InChI is InChI=1S/C10H14O5/c1-6(5-11)10(13-2)4-8-7(15-10)3-9(12)14-8/h5-8H,3-4H2,1-2H3/t6-,7-,8-,10?/m0/s1. The maximum atomic E-state index is 11.0. The summed E-state index contributed by atoms with van der Waals surface area (Å²) < 4.78 is 16.0. The van der Waals surface area contributed by atoms with Gasteiger partial charge in [0, 0.05) is 13.5 Å². The molecule has 0 spiro atoms. The summed E-state index contributed by atoms with van der Waals surface area (Å²) in [5.41, 5.74) is 0. The lowest BCUT2D eigenvalue weighted by atomic mass is 9.98. The van der Waals surface area contributed by atoms with Gasteiger partial charge in [0.25, 0.3) is 0 Å². The van der Waals surface area contributed by atoms with Crippen molar-refractivity contribution in [2.75, 3.05) is 7.11 Å². The molecule has 2 heterocycles. The summed E-state index contributed by atoms with van der Waals surface area (Å²) in [4.78, 5) is 21.8. The van der Waals surface area contributed by atoms with E-state index in [1.807, 2.05) is 0 Å². The Bertz CT molecular complexity index is 272. The predicted molar refractivity (Wildman–Crippen MR) is 49.0 cm³/mol. The van der Waals surface area contributed by atoms with Gasteiger partial charge in [-0.3, -0.25) is 4.79 Å². The number of esters is 1. The number of fused-ring (bicyclic) bond motifs is 1. The van der Waals surface area contributed by atoms with Crippen LogP contribution in [-0.4, -0.2) is 37.4 Å². The fourth-order valence-electron chi connectivity index (χ4n) is 2.18. The van der Waals surface area contributed by atoms with Crippen LogP contribution in [0.5, 0.6) is 0 Å². The molecule has 84 valence electrons. The van der Waals surface area contributed by atoms with E-state index < -0.39 is 5.79 Å². The number of ether oxygens (including phenoxy) is 3. The molecule has 0 N–H and O–H groups in total. The van der Waals surface area contributed by atoms with Gasteiger partial charge in [0.2, 0.25) is 0 Å². The van der Waals surface area contributed by atoms with Gasteiger partial charge in [-0.15, -0.1) is 0 Å². The number of carbonyl (C=O) groups excluding carboxylic acids is 2. The normalized spacial score (nSPS) is 41.1. The van der Waals surface area contributed by atoms with Gasteiger partial charge in [-0.1, -0.05) is 6.92 Å². The number of methoxy groups -OCH3 is 1. The van der Waals surface area contributed by atoms with Crippen molar-refractivity contribution in [2.24, 2.45) is 5.92 Å². The third kappa shape index (κ3) is 1.55. The van der Waals surface area contributed by atoms with Gasteiger partial charge in [-0.2, -0.15) is 0 Å². The molecule has 15 heavy (non-hydrogen) atoms. The molecule has 2 rings (SSSR count). The smallest absolute Gasteiger partial charge is 0.308 e. The molecule has 0 aromatic heterocycles. The Balaban J connectivity index is 2.13. The van der Waals surface area contributed by atoms with Crippen LogP contribution in [0.3, 0.4) is 0 Å². The molecule has 2 aliphatic rings. The van der Waals surface area contributed by atoms with Gasteiger partial charge < -0.3 is 19.0 Å². The second kappa shape index (κ2) is 3.57. The van der Waals surface area contributed by atoms with Crippen LogP contribution in [0.4, 0.5) is 0 Å². The van der Waals surface area contributed by atoms with Crippen LogP contribution >= 0.6 is 0 Å². The van der Waals surface area contributed by atoms with Crippen LogP contribution in [-0.2, 0) is 23.8 Å². The van der Waals surface area contributed by atoms with Crippen LogP contribution in [0.2, 0.25) is 0 Å². The second-order valence-corrected chi connectivity index (χ2v) is 4.03. The van der Waals surface area contributed by atoms with Crippen LogP contribution in [0, 0.1) is 5.92 Å². The zero-order valence-corrected chi connectivity index (χ0v) is 8.76. The summed E-state index contributed by atoms with van der Waals surface area (Å²) in [6.45, 7) is 1.74. The van der Waals surface area contributed by atoms with Gasteiger partial charge in [0.1, 0.15) is 18.5 Å². The van der Waals surface area contributed by atoms with E-state index in [2.05, 4.69) is 0 Å². The average Bonchev–Trinajstić information content (AvgIpc) is 2.71. The Hall–Kier alpha value is -0.940. The maximum absolute atomic E-state index is 11.0. The quantitative estimate of drug-likeness (QED) is 0.498. The lowest BCUT2D eigenvalue weighted by Gasteiger charge is -2.30. The first-order valence-electron chi connectivity index (χ1n) is 4.99. The highest BCUT2D eigenvalue weighted by molar-refractivity contribution is 5.72. The highest BCUT2D eigenvalue weighted by atomic mass is 16.7. The first kappa shape index (κ1) is 10.6. The van der Waals surface area contributed by atoms with E-state index in [-0.39, 0.29) is 30.5 Å². The van der Waals surface area contributed by atoms with E-state index >= 15 is 0 Å². The Morgan fingerprint density at radius 2 is 2.33 bits per heavy atom. The van der Waals surface area contributed by atoms with Gasteiger partial charge in [-0.25, -0.2) is 0 Å². The van der Waals surface area contributed by atoms with E-state index in [0.717, 1.165) is 6.29 Å². The Kier molecular flexibility index (Phi) is 2.52. The fourth-order valence-corrected chi connectivity index (χ4v) is 2.18. The van der Waals surface area contributed by atoms with Crippen LogP contribution in [0.25, 0.3) is 0 Å². The zero-order chi connectivity index (χ0) is 11.1. The molecule has 5 nitrogen and oxygen atoms in total. The molecule has 0 bridgehead atoms. The summed E-state index contributed by atoms with van der Waals surface area (Å²) in [7, 11) is 1.50. The van der Waals surface area contributed by atoms with Gasteiger partial charge in [0.15, 0.2) is 5.79 Å². The minimum absolute atomic E-state index is 0.242. The summed E-state index contributed by atoms with van der Waals surface area (Å²) >= 11 is 0. The van der Waals surface area contributed by atoms with Crippen molar-refractivity contribution in [3.63, 3.8) is 0 Å². The van der Waals surface area contributed by atoms with E-state index in [0.29, 0.717) is 6.42 Å². The van der Waals surface area contributed by atoms with Gasteiger partial charge >= 0.3 is 5.97 Å². The number of rotatable bonds is 3. The largest absolute Gasteiger partial charge is 0.459 e. The van der Waals surface area contributed by atoms with E-state index in [4.69, 9.17) is 14.2 Å². The lowest BCUT2D eigenvalue weighted by Crippen LogP contribution is -2.40. The fraction of sp³-hybridized carbons (Fsp3) is 0.800. The number of carbonyl (C=O) groups is 2. The monoisotopic (exact) mass is 214 g/mol. The SMILES string of the molecule is COC1([C@@H](C)C=O)C[C@@H]2OC(=O)C[C@@H]2O1. The molecule has 0 aromatic carbocycles. The summed E-state index contributed by atoms with van der Waals surface area (Å²) in [6.07, 6.45) is 0.952. The highest BCUT2D eigenvalue weighted by Gasteiger charge is 2.55. The lowest BCUT2D eigenvalue weighted by molar-refractivity contribution is -0.233. The van der Waals surface area contributed by atoms with E-state index in [1.165, 1.54) is 7.11 Å². The molecule has 4 atom stereocenters. The second-order valence-electron chi connectivity index (χ2n) is 4.03. The maximum Gasteiger partial charge on any atom is 0.308 e.